The van der Waals surface area contributed by atoms with Gasteiger partial charge in [-0.05, 0) is 19.3 Å². The predicted molar refractivity (Wildman–Crippen MR) is 104 cm³/mol. The number of benzene rings is 1. The number of nitrogens with one attached hydrogen (secondary N) is 1. The number of carbonyl (C=O) groups is 3. The third kappa shape index (κ3) is 3.99. The minimum Gasteiger partial charge on any atom is -0.495 e. The Morgan fingerprint density at radius 2 is 1.71 bits per heavy atom. The number of anilines is 1. The van der Waals surface area contributed by atoms with Gasteiger partial charge in [0.05, 0.1) is 36.8 Å². The van der Waals surface area contributed by atoms with E-state index in [1.807, 2.05) is 12.2 Å². The highest BCUT2D eigenvalue weighted by Crippen LogP contribution is 2.36. The van der Waals surface area contributed by atoms with Crippen LogP contribution in [0.25, 0.3) is 0 Å². The number of methoxy groups -OCH3 is 2. The molecule has 0 unspecified atom stereocenters. The Balaban J connectivity index is 1.55. The maximum atomic E-state index is 12.4. The van der Waals surface area contributed by atoms with Gasteiger partial charge in [-0.15, -0.1) is 0 Å². The van der Waals surface area contributed by atoms with E-state index in [4.69, 9.17) is 21.1 Å². The van der Waals surface area contributed by atoms with Crippen molar-refractivity contribution in [1.29, 1.82) is 0 Å². The van der Waals surface area contributed by atoms with Crippen molar-refractivity contribution in [3.05, 3.63) is 29.3 Å². The summed E-state index contributed by atoms with van der Waals surface area (Å²) in [4.78, 5) is 38.5. The molecule has 1 heterocycles. The minimum atomic E-state index is -0.249. The third-order valence-corrected chi connectivity index (χ3v) is 5.43. The lowest BCUT2D eigenvalue weighted by Gasteiger charge is -2.15. The van der Waals surface area contributed by atoms with Crippen molar-refractivity contribution in [2.75, 3.05) is 26.1 Å². The Morgan fingerprint density at radius 1 is 1.11 bits per heavy atom. The van der Waals surface area contributed by atoms with E-state index in [0.717, 1.165) is 0 Å². The highest BCUT2D eigenvalue weighted by atomic mass is 35.5. The zero-order valence-corrected chi connectivity index (χ0v) is 16.6. The summed E-state index contributed by atoms with van der Waals surface area (Å²) < 4.78 is 10.4. The molecule has 1 aliphatic heterocycles. The molecule has 2 aliphatic rings. The molecule has 0 saturated carbocycles. The highest BCUT2D eigenvalue weighted by Gasteiger charge is 2.46. The van der Waals surface area contributed by atoms with E-state index in [1.54, 1.807) is 12.1 Å². The summed E-state index contributed by atoms with van der Waals surface area (Å²) in [5.74, 6) is -0.134. The molecule has 0 bridgehead atoms. The minimum absolute atomic E-state index is 0.121. The number of likely N-dealkylation sites (tertiary alicyclic amines) is 1. The number of allylic oxidation sites excluding steroid dienone is 2. The van der Waals surface area contributed by atoms with Crippen molar-refractivity contribution in [2.45, 2.75) is 25.7 Å². The van der Waals surface area contributed by atoms with Gasteiger partial charge in [-0.25, -0.2) is 0 Å². The molecule has 3 rings (SSSR count). The van der Waals surface area contributed by atoms with Gasteiger partial charge in [0.2, 0.25) is 17.7 Å². The molecule has 7 nitrogen and oxygen atoms in total. The Kier molecular flexibility index (Phi) is 6.24. The van der Waals surface area contributed by atoms with Gasteiger partial charge in [0.1, 0.15) is 11.5 Å². The molecule has 28 heavy (non-hydrogen) atoms. The highest BCUT2D eigenvalue weighted by molar-refractivity contribution is 6.32. The van der Waals surface area contributed by atoms with Gasteiger partial charge in [0.15, 0.2) is 0 Å². The van der Waals surface area contributed by atoms with Gasteiger partial charge in [-0.2, -0.15) is 0 Å². The molecule has 0 spiro atoms. The van der Waals surface area contributed by atoms with E-state index < -0.39 is 0 Å². The molecular formula is C20H23ClN2O5. The smallest absolute Gasteiger partial charge is 0.233 e. The van der Waals surface area contributed by atoms with Gasteiger partial charge in [0, 0.05) is 25.1 Å². The lowest BCUT2D eigenvalue weighted by Crippen LogP contribution is -2.32. The number of rotatable bonds is 7. The summed E-state index contributed by atoms with van der Waals surface area (Å²) in [5.41, 5.74) is 0.444. The van der Waals surface area contributed by atoms with E-state index in [1.165, 1.54) is 19.1 Å². The van der Waals surface area contributed by atoms with Crippen LogP contribution in [0.2, 0.25) is 5.02 Å². The predicted octanol–water partition coefficient (Wildman–Crippen LogP) is 3.03. The fourth-order valence-corrected chi connectivity index (χ4v) is 3.89. The standard InChI is InChI=1S/C20H23ClN2O5/c1-27-16-11-15(17(28-2)10-14(16)21)22-18(24)8-5-9-23-19(25)12-6-3-4-7-13(12)20(23)26/h3-4,10-13H,5-9H2,1-2H3,(H,22,24)/t12-,13-/m1/s1. The van der Waals surface area contributed by atoms with Crippen LogP contribution in [0.15, 0.2) is 24.3 Å². The van der Waals surface area contributed by atoms with Crippen molar-refractivity contribution >= 4 is 35.0 Å². The van der Waals surface area contributed by atoms with E-state index in [0.29, 0.717) is 41.5 Å². The van der Waals surface area contributed by atoms with Crippen LogP contribution < -0.4 is 14.8 Å². The van der Waals surface area contributed by atoms with Crippen molar-refractivity contribution in [3.8, 4) is 11.5 Å². The molecule has 1 aromatic rings. The van der Waals surface area contributed by atoms with E-state index in [2.05, 4.69) is 5.32 Å². The third-order valence-electron chi connectivity index (χ3n) is 5.13. The molecule has 0 radical (unpaired) electrons. The fourth-order valence-electron chi connectivity index (χ4n) is 3.66. The van der Waals surface area contributed by atoms with Gasteiger partial charge in [-0.1, -0.05) is 23.8 Å². The summed E-state index contributed by atoms with van der Waals surface area (Å²) in [6.07, 6.45) is 5.70. The number of imide groups is 1. The number of hydrogen-bond acceptors (Lipinski definition) is 5. The average Bonchev–Trinajstić information content (AvgIpc) is 2.94. The molecule has 1 aliphatic carbocycles. The van der Waals surface area contributed by atoms with E-state index in [9.17, 15) is 14.4 Å². The van der Waals surface area contributed by atoms with Gasteiger partial charge >= 0.3 is 0 Å². The number of nitrogens with zero attached hydrogens (tertiary/aromatic N) is 1. The first kappa shape index (κ1) is 20.2. The van der Waals surface area contributed by atoms with Crippen LogP contribution in [0.5, 0.6) is 11.5 Å². The fraction of sp³-hybridized carbons (Fsp3) is 0.450. The number of fused-ring (bicyclic) bond motifs is 1. The van der Waals surface area contributed by atoms with Crippen LogP contribution in [-0.4, -0.2) is 43.4 Å². The number of halogens is 1. The zero-order valence-electron chi connectivity index (χ0n) is 15.9. The van der Waals surface area contributed by atoms with E-state index in [-0.39, 0.29) is 42.5 Å². The zero-order chi connectivity index (χ0) is 20.3. The summed E-state index contributed by atoms with van der Waals surface area (Å²) in [7, 11) is 2.96. The van der Waals surface area contributed by atoms with Crippen LogP contribution in [-0.2, 0) is 14.4 Å². The van der Waals surface area contributed by atoms with Crippen LogP contribution in [0, 0.1) is 11.8 Å². The first-order chi connectivity index (χ1) is 13.5. The molecule has 1 aromatic carbocycles. The van der Waals surface area contributed by atoms with Crippen LogP contribution in [0.1, 0.15) is 25.7 Å². The van der Waals surface area contributed by atoms with Crippen LogP contribution >= 0.6 is 11.6 Å². The van der Waals surface area contributed by atoms with Crippen molar-refractivity contribution in [3.63, 3.8) is 0 Å². The van der Waals surface area contributed by atoms with Crippen LogP contribution in [0.4, 0.5) is 5.69 Å². The Hall–Kier alpha value is -2.54. The summed E-state index contributed by atoms with van der Waals surface area (Å²) >= 11 is 6.06. The quantitative estimate of drug-likeness (QED) is 0.555. The SMILES string of the molecule is COc1cc(NC(=O)CCCN2C(=O)[C@@H]3CC=CC[C@H]3C2=O)c(OC)cc1Cl. The monoisotopic (exact) mass is 406 g/mol. The second-order valence-corrected chi connectivity index (χ2v) is 7.23. The van der Waals surface area contributed by atoms with E-state index >= 15 is 0 Å². The average molecular weight is 407 g/mol. The maximum absolute atomic E-state index is 12.4. The summed E-state index contributed by atoms with van der Waals surface area (Å²) in [5, 5.41) is 3.13. The maximum Gasteiger partial charge on any atom is 0.233 e. The summed E-state index contributed by atoms with van der Waals surface area (Å²) in [6, 6.07) is 3.15. The number of amides is 3. The molecule has 1 saturated heterocycles. The second-order valence-electron chi connectivity index (χ2n) is 6.82. The van der Waals surface area contributed by atoms with Crippen molar-refractivity contribution in [2.24, 2.45) is 11.8 Å². The molecule has 0 aromatic heterocycles. The number of ether oxygens (including phenoxy) is 2. The molecule has 3 amide bonds. The molecule has 2 atom stereocenters. The van der Waals surface area contributed by atoms with Gasteiger partial charge < -0.3 is 14.8 Å². The molecule has 1 fully saturated rings. The Morgan fingerprint density at radius 3 is 2.29 bits per heavy atom. The Bertz CT molecular complexity index is 797. The number of hydrogen-bond donors (Lipinski definition) is 1. The lowest BCUT2D eigenvalue weighted by atomic mass is 9.85. The Labute approximate surface area is 168 Å². The van der Waals surface area contributed by atoms with Crippen molar-refractivity contribution < 1.29 is 23.9 Å². The van der Waals surface area contributed by atoms with Gasteiger partial charge in [0.25, 0.3) is 0 Å². The first-order valence-corrected chi connectivity index (χ1v) is 9.55. The summed E-state index contributed by atoms with van der Waals surface area (Å²) in [6.45, 7) is 0.249. The first-order valence-electron chi connectivity index (χ1n) is 9.17. The molecule has 1 N–H and O–H groups in total. The molecule has 8 heteroatoms. The lowest BCUT2D eigenvalue weighted by molar-refractivity contribution is -0.140. The second kappa shape index (κ2) is 8.65. The normalized spacial score (nSPS) is 20.9. The van der Waals surface area contributed by atoms with Crippen LogP contribution in [0.3, 0.4) is 0 Å². The van der Waals surface area contributed by atoms with Crippen molar-refractivity contribution in [1.82, 2.24) is 4.90 Å². The molecule has 150 valence electrons. The number of carbonyl (C=O) groups excluding carboxylic acids is 3. The topological polar surface area (TPSA) is 84.9 Å². The molecular weight excluding hydrogens is 384 g/mol. The van der Waals surface area contributed by atoms with Gasteiger partial charge in [-0.3, -0.25) is 19.3 Å². The largest absolute Gasteiger partial charge is 0.495 e.